The van der Waals surface area contributed by atoms with Crippen LogP contribution in [0.1, 0.15) is 79.6 Å². The van der Waals surface area contributed by atoms with E-state index in [2.05, 4.69) is 54.5 Å². The highest BCUT2D eigenvalue weighted by atomic mass is 32.1. The third-order valence-corrected chi connectivity index (χ3v) is 15.6. The number of Topliss-reactive ketones (excluding diaryl/α,β-unsaturated/α-hetero) is 1. The van der Waals surface area contributed by atoms with Crippen molar-refractivity contribution < 1.29 is 24.9 Å². The second kappa shape index (κ2) is 13.7. The number of rotatable bonds is 13. The Morgan fingerprint density at radius 3 is 2.38 bits per heavy atom. The Hall–Kier alpha value is -2.91. The van der Waals surface area contributed by atoms with E-state index in [-0.39, 0.29) is 41.2 Å². The highest BCUT2D eigenvalue weighted by molar-refractivity contribution is 7.09. The number of carbonyl (C=O) groups excluding carboxylic acids is 1. The van der Waals surface area contributed by atoms with Crippen molar-refractivity contribution in [1.29, 1.82) is 0 Å². The first-order valence-electron chi connectivity index (χ1n) is 19.5. The molecule has 7 heteroatoms. The van der Waals surface area contributed by atoms with Gasteiger partial charge in [0.1, 0.15) is 0 Å². The number of hydrogen-bond acceptors (Lipinski definition) is 7. The van der Waals surface area contributed by atoms with Crippen molar-refractivity contribution in [2.75, 3.05) is 26.2 Å². The number of nitrogens with zero attached hydrogens (tertiary/aromatic N) is 1. The van der Waals surface area contributed by atoms with Crippen LogP contribution in [0.25, 0.3) is 0 Å². The van der Waals surface area contributed by atoms with Gasteiger partial charge in [0.15, 0.2) is 5.78 Å². The number of ketones is 1. The lowest BCUT2D eigenvalue weighted by Gasteiger charge is -2.71. The molecule has 9 unspecified atom stereocenters. The third kappa shape index (κ3) is 5.82. The van der Waals surface area contributed by atoms with E-state index in [0.717, 1.165) is 56.2 Å². The van der Waals surface area contributed by atoms with Crippen LogP contribution in [0.5, 0.6) is 0 Å². The summed E-state index contributed by atoms with van der Waals surface area (Å²) in [6, 6.07) is 24.0. The predicted octanol–water partition coefficient (Wildman–Crippen LogP) is 7.64. The predicted molar refractivity (Wildman–Crippen MR) is 206 cm³/mol. The molecule has 276 valence electrons. The zero-order valence-corrected chi connectivity index (χ0v) is 31.6. The van der Waals surface area contributed by atoms with Crippen molar-refractivity contribution in [1.82, 2.24) is 4.90 Å². The summed E-state index contributed by atoms with van der Waals surface area (Å²) in [6.45, 7) is 7.01. The molecule has 2 aromatic carbocycles. The molecule has 9 rings (SSSR count). The van der Waals surface area contributed by atoms with Crippen molar-refractivity contribution in [2.45, 2.75) is 89.6 Å². The Morgan fingerprint density at radius 1 is 0.923 bits per heavy atom. The Kier molecular flexibility index (Phi) is 9.54. The van der Waals surface area contributed by atoms with Crippen molar-refractivity contribution in [2.24, 2.45) is 33.5 Å². The minimum atomic E-state index is -0.998. The second-order valence-electron chi connectivity index (χ2n) is 17.2. The molecule has 9 atom stereocenters. The highest BCUT2D eigenvalue weighted by Gasteiger charge is 2.74. The van der Waals surface area contributed by atoms with Crippen LogP contribution < -0.4 is 0 Å². The Morgan fingerprint density at radius 2 is 1.63 bits per heavy atom. The van der Waals surface area contributed by atoms with E-state index >= 15 is 0 Å². The summed E-state index contributed by atoms with van der Waals surface area (Å²) < 4.78 is 5.96. The summed E-state index contributed by atoms with van der Waals surface area (Å²) in [7, 11) is 0. The Bertz CT molecular complexity index is 1790. The fourth-order valence-corrected chi connectivity index (χ4v) is 12.6. The van der Waals surface area contributed by atoms with Crippen LogP contribution in [0.4, 0.5) is 0 Å². The Balaban J connectivity index is 1.10. The van der Waals surface area contributed by atoms with Gasteiger partial charge in [0.25, 0.3) is 0 Å². The molecular weight excluding hydrogens is 667 g/mol. The maximum absolute atomic E-state index is 14.8. The van der Waals surface area contributed by atoms with Crippen LogP contribution in [0.2, 0.25) is 0 Å². The third-order valence-electron chi connectivity index (χ3n) is 14.6. The first-order chi connectivity index (χ1) is 25.0. The van der Waals surface area contributed by atoms with E-state index < -0.39 is 22.5 Å². The molecule has 3 aromatic rings. The van der Waals surface area contributed by atoms with Crippen molar-refractivity contribution in [3.05, 3.63) is 118 Å². The van der Waals surface area contributed by atoms with Gasteiger partial charge in [-0.15, -0.1) is 11.3 Å². The normalized spacial score (nSPS) is 36.6. The zero-order valence-electron chi connectivity index (χ0n) is 30.8. The molecular formula is C45H55NO5S. The zero-order chi connectivity index (χ0) is 36.2. The number of aliphatic hydroxyl groups is 3. The largest absolute Gasteiger partial charge is 0.393 e. The number of carbonyl (C=O) groups is 1. The SMILES string of the molecule is CC12CCC(O)CC13C=CC1(C(C(=O)c4ccccc4)=C3)C2CCC2(C)C1CCC2(O)CN(CCc1cccs1)CC(O)COCc1ccccc1. The molecule has 0 aliphatic heterocycles. The molecule has 1 heterocycles. The summed E-state index contributed by atoms with van der Waals surface area (Å²) in [6.07, 6.45) is 12.5. The fourth-order valence-electron chi connectivity index (χ4n) is 11.9. The van der Waals surface area contributed by atoms with Crippen LogP contribution in [-0.2, 0) is 17.8 Å². The number of benzene rings is 2. The van der Waals surface area contributed by atoms with Gasteiger partial charge in [-0.25, -0.2) is 0 Å². The molecule has 52 heavy (non-hydrogen) atoms. The minimum absolute atomic E-state index is 0.0694. The average Bonchev–Trinajstić information content (AvgIpc) is 3.76. The number of thiophene rings is 1. The van der Waals surface area contributed by atoms with Crippen LogP contribution in [0.15, 0.2) is 102 Å². The number of hydrogen-bond donors (Lipinski definition) is 3. The van der Waals surface area contributed by atoms with Gasteiger partial charge in [-0.2, -0.15) is 0 Å². The maximum Gasteiger partial charge on any atom is 0.189 e. The van der Waals surface area contributed by atoms with Crippen molar-refractivity contribution >= 4 is 17.1 Å². The van der Waals surface area contributed by atoms with Gasteiger partial charge in [-0.3, -0.25) is 9.69 Å². The van der Waals surface area contributed by atoms with E-state index in [1.54, 1.807) is 11.3 Å². The summed E-state index contributed by atoms with van der Waals surface area (Å²) in [5.41, 5.74) is 0.322. The van der Waals surface area contributed by atoms with Gasteiger partial charge < -0.3 is 20.1 Å². The van der Waals surface area contributed by atoms with Gasteiger partial charge in [0.2, 0.25) is 0 Å². The molecule has 2 spiro atoms. The molecule has 6 aliphatic rings. The highest BCUT2D eigenvalue weighted by Crippen LogP contribution is 2.78. The lowest BCUT2D eigenvalue weighted by molar-refractivity contribution is -0.177. The van der Waals surface area contributed by atoms with Gasteiger partial charge in [-0.1, -0.05) is 98.8 Å². The maximum atomic E-state index is 14.8. The molecule has 6 aliphatic carbocycles. The van der Waals surface area contributed by atoms with E-state index in [4.69, 9.17) is 4.74 Å². The van der Waals surface area contributed by atoms with Gasteiger partial charge in [0.05, 0.1) is 31.0 Å². The number of ether oxygens (including phenoxy) is 1. The topological polar surface area (TPSA) is 90.2 Å². The molecule has 3 N–H and O–H groups in total. The molecule has 0 saturated heterocycles. The van der Waals surface area contributed by atoms with E-state index in [0.29, 0.717) is 38.1 Å². The molecule has 0 amide bonds. The number of fused-ring (bicyclic) bond motifs is 1. The monoisotopic (exact) mass is 721 g/mol. The Labute approximate surface area is 313 Å². The molecule has 6 nitrogen and oxygen atoms in total. The minimum Gasteiger partial charge on any atom is -0.393 e. The number of aliphatic hydroxyl groups excluding tert-OH is 2. The van der Waals surface area contributed by atoms with Gasteiger partial charge in [-0.05, 0) is 85.6 Å². The molecule has 1 aromatic heterocycles. The van der Waals surface area contributed by atoms with Gasteiger partial charge in [0, 0.05) is 51.9 Å². The van der Waals surface area contributed by atoms with E-state index in [9.17, 15) is 20.1 Å². The summed E-state index contributed by atoms with van der Waals surface area (Å²) in [4.78, 5) is 18.3. The molecule has 3 saturated carbocycles. The number of allylic oxidation sites excluding steroid dienone is 4. The van der Waals surface area contributed by atoms with E-state index in [1.165, 1.54) is 4.88 Å². The summed E-state index contributed by atoms with van der Waals surface area (Å²) in [5.74, 6) is 0.426. The van der Waals surface area contributed by atoms with Crippen LogP contribution >= 0.6 is 11.3 Å². The molecule has 3 fully saturated rings. The quantitative estimate of drug-likeness (QED) is 0.124. The first-order valence-corrected chi connectivity index (χ1v) is 20.4. The lowest BCUT2D eigenvalue weighted by atomic mass is 9.32. The lowest BCUT2D eigenvalue weighted by Crippen LogP contribution is -2.67. The molecule has 0 radical (unpaired) electrons. The molecule has 2 bridgehead atoms. The standard InChI is InChI=1S/C45H55NO5S/c1-41-19-15-34(47)26-43(41)22-23-45(37(27-43)40(49)33-12-7-4-8-13-33)38(41)16-20-42(2)39(45)17-21-44(42,50)31-46(24-18-36-14-9-25-52-36)28-35(48)30-51-29-32-10-5-3-6-11-32/h3-14,22-23,25,27,34-35,38-39,47-48,50H,15-21,24,26,28-31H2,1-2H3. The second-order valence-corrected chi connectivity index (χ2v) is 18.3. The first kappa shape index (κ1) is 36.1. The van der Waals surface area contributed by atoms with Gasteiger partial charge >= 0.3 is 0 Å². The van der Waals surface area contributed by atoms with E-state index in [1.807, 2.05) is 60.7 Å². The van der Waals surface area contributed by atoms with Crippen LogP contribution in [0.3, 0.4) is 0 Å². The average molecular weight is 722 g/mol. The summed E-state index contributed by atoms with van der Waals surface area (Å²) >= 11 is 1.75. The van der Waals surface area contributed by atoms with Crippen LogP contribution in [-0.4, -0.2) is 70.1 Å². The van der Waals surface area contributed by atoms with Crippen molar-refractivity contribution in [3.8, 4) is 0 Å². The fraction of sp³-hybridized carbons (Fsp3) is 0.533. The van der Waals surface area contributed by atoms with Crippen LogP contribution in [0, 0.1) is 33.5 Å². The summed E-state index contributed by atoms with van der Waals surface area (Å²) in [5, 5.41) is 37.5. The van der Waals surface area contributed by atoms with Crippen molar-refractivity contribution in [3.63, 3.8) is 0 Å². The smallest absolute Gasteiger partial charge is 0.189 e.